The van der Waals surface area contributed by atoms with Crippen LogP contribution in [-0.4, -0.2) is 29.0 Å². The van der Waals surface area contributed by atoms with Crippen molar-refractivity contribution >= 4 is 40.5 Å². The van der Waals surface area contributed by atoms with E-state index < -0.39 is 0 Å². The van der Waals surface area contributed by atoms with E-state index in [1.807, 2.05) is 0 Å². The lowest BCUT2D eigenvalue weighted by Crippen LogP contribution is -2.37. The van der Waals surface area contributed by atoms with Crippen molar-refractivity contribution in [1.82, 2.24) is 4.90 Å². The third-order valence-corrected chi connectivity index (χ3v) is 4.38. The van der Waals surface area contributed by atoms with Gasteiger partial charge in [0.05, 0.1) is 27.6 Å². The van der Waals surface area contributed by atoms with Crippen molar-refractivity contribution in [2.45, 2.75) is 6.42 Å². The van der Waals surface area contributed by atoms with Crippen LogP contribution in [0.15, 0.2) is 12.1 Å². The molecular formula is C11H8ClNO3S. The van der Waals surface area contributed by atoms with E-state index in [2.05, 4.69) is 0 Å². The van der Waals surface area contributed by atoms with Gasteiger partial charge < -0.3 is 0 Å². The number of halogens is 1. The number of carbonyl (C=O) groups excluding carboxylic acids is 3. The summed E-state index contributed by atoms with van der Waals surface area (Å²) < 4.78 is 0.523. The summed E-state index contributed by atoms with van der Waals surface area (Å²) in [4.78, 5) is 36.7. The standard InChI is InChI=1S/C11H8ClNO3S/c12-9-2-1-8(17-9)7(14)4-13-10(15)5-3-6(5)11(13)16/h1-2,5-6H,3-4H2. The average molecular weight is 270 g/mol. The lowest BCUT2D eigenvalue weighted by atomic mass is 10.3. The summed E-state index contributed by atoms with van der Waals surface area (Å²) in [5.74, 6) is -0.929. The highest BCUT2D eigenvalue weighted by Crippen LogP contribution is 2.46. The molecule has 1 aliphatic heterocycles. The van der Waals surface area contributed by atoms with E-state index in [-0.39, 0.29) is 36.0 Å². The second kappa shape index (κ2) is 3.65. The Kier molecular flexibility index (Phi) is 2.34. The predicted octanol–water partition coefficient (Wildman–Crippen LogP) is 1.59. The molecule has 2 unspecified atom stereocenters. The highest BCUT2D eigenvalue weighted by atomic mass is 35.5. The Labute approximate surface area is 106 Å². The van der Waals surface area contributed by atoms with Crippen molar-refractivity contribution < 1.29 is 14.4 Å². The van der Waals surface area contributed by atoms with E-state index in [1.54, 1.807) is 12.1 Å². The second-order valence-electron chi connectivity index (χ2n) is 4.24. The van der Waals surface area contributed by atoms with E-state index in [9.17, 15) is 14.4 Å². The number of fused-ring (bicyclic) bond motifs is 1. The minimum atomic E-state index is -0.232. The Morgan fingerprint density at radius 2 is 2.00 bits per heavy atom. The third-order valence-electron chi connectivity index (χ3n) is 3.11. The number of amides is 2. The molecule has 0 spiro atoms. The maximum absolute atomic E-state index is 11.8. The number of Topliss-reactive ketones (excluding diaryl/α,β-unsaturated/α-hetero) is 1. The van der Waals surface area contributed by atoms with Crippen LogP contribution in [0.4, 0.5) is 0 Å². The number of likely N-dealkylation sites (tertiary alicyclic amines) is 1. The molecular weight excluding hydrogens is 262 g/mol. The molecule has 4 nitrogen and oxygen atoms in total. The van der Waals surface area contributed by atoms with Gasteiger partial charge in [0.1, 0.15) is 0 Å². The van der Waals surface area contributed by atoms with E-state index >= 15 is 0 Å². The van der Waals surface area contributed by atoms with E-state index in [4.69, 9.17) is 11.6 Å². The summed E-state index contributed by atoms with van der Waals surface area (Å²) in [5, 5.41) is 0. The third kappa shape index (κ3) is 1.70. The van der Waals surface area contributed by atoms with Gasteiger partial charge in [0, 0.05) is 0 Å². The quantitative estimate of drug-likeness (QED) is 0.618. The van der Waals surface area contributed by atoms with Crippen molar-refractivity contribution in [3.05, 3.63) is 21.3 Å². The number of ketones is 1. The van der Waals surface area contributed by atoms with Crippen LogP contribution < -0.4 is 0 Å². The Hall–Kier alpha value is -1.20. The summed E-state index contributed by atoms with van der Waals surface area (Å²) >= 11 is 6.89. The Morgan fingerprint density at radius 1 is 1.35 bits per heavy atom. The van der Waals surface area contributed by atoms with Crippen molar-refractivity contribution in [2.24, 2.45) is 11.8 Å². The van der Waals surface area contributed by atoms with Gasteiger partial charge in [-0.2, -0.15) is 0 Å². The SMILES string of the molecule is O=C(CN1C(=O)C2CC2C1=O)c1ccc(Cl)s1. The first-order chi connectivity index (χ1) is 8.08. The molecule has 2 atom stereocenters. The summed E-state index contributed by atoms with van der Waals surface area (Å²) in [7, 11) is 0. The molecule has 0 radical (unpaired) electrons. The van der Waals surface area contributed by atoms with Crippen LogP contribution in [0.25, 0.3) is 0 Å². The second-order valence-corrected chi connectivity index (χ2v) is 5.95. The molecule has 2 fully saturated rings. The first kappa shape index (κ1) is 10.9. The molecule has 2 aliphatic rings. The zero-order valence-corrected chi connectivity index (χ0v) is 10.3. The van der Waals surface area contributed by atoms with Crippen LogP contribution in [0, 0.1) is 11.8 Å². The smallest absolute Gasteiger partial charge is 0.233 e. The Bertz CT molecular complexity index is 519. The number of hydrogen-bond donors (Lipinski definition) is 0. The number of imide groups is 1. The number of hydrogen-bond acceptors (Lipinski definition) is 4. The molecule has 1 aliphatic carbocycles. The molecule has 6 heteroatoms. The van der Waals surface area contributed by atoms with Gasteiger partial charge in [-0.25, -0.2) is 0 Å². The van der Waals surface area contributed by atoms with Gasteiger partial charge in [0.25, 0.3) is 0 Å². The normalized spacial score (nSPS) is 26.3. The Morgan fingerprint density at radius 3 is 2.53 bits per heavy atom. The van der Waals surface area contributed by atoms with Gasteiger partial charge in [-0.05, 0) is 18.6 Å². The summed E-state index contributed by atoms with van der Waals surface area (Å²) in [6.45, 7) is -0.151. The topological polar surface area (TPSA) is 54.5 Å². The minimum absolute atomic E-state index is 0.151. The molecule has 1 aromatic rings. The molecule has 1 aromatic heterocycles. The van der Waals surface area contributed by atoms with Gasteiger partial charge in [-0.3, -0.25) is 19.3 Å². The lowest BCUT2D eigenvalue weighted by molar-refractivity contribution is -0.140. The van der Waals surface area contributed by atoms with E-state index in [1.165, 1.54) is 0 Å². The zero-order chi connectivity index (χ0) is 12.2. The number of piperidine rings is 1. The molecule has 1 saturated carbocycles. The average Bonchev–Trinajstić information content (AvgIpc) is 2.93. The van der Waals surface area contributed by atoms with Crippen LogP contribution in [0.3, 0.4) is 0 Å². The number of thiophene rings is 1. The van der Waals surface area contributed by atoms with Gasteiger partial charge in [-0.1, -0.05) is 11.6 Å². The molecule has 0 aromatic carbocycles. The number of carbonyl (C=O) groups is 3. The molecule has 2 heterocycles. The molecule has 2 amide bonds. The van der Waals surface area contributed by atoms with E-state index in [0.717, 1.165) is 16.2 Å². The largest absolute Gasteiger partial charge is 0.291 e. The van der Waals surface area contributed by atoms with Crippen molar-refractivity contribution in [1.29, 1.82) is 0 Å². The van der Waals surface area contributed by atoms with E-state index in [0.29, 0.717) is 15.6 Å². The fourth-order valence-corrected chi connectivity index (χ4v) is 3.06. The summed E-state index contributed by atoms with van der Waals surface area (Å²) in [6.07, 6.45) is 0.660. The van der Waals surface area contributed by atoms with Gasteiger partial charge >= 0.3 is 0 Å². The summed E-state index contributed by atoms with van der Waals surface area (Å²) in [6, 6.07) is 3.24. The minimum Gasteiger partial charge on any atom is -0.291 e. The van der Waals surface area contributed by atoms with Gasteiger partial charge in [0.2, 0.25) is 11.8 Å². The molecule has 17 heavy (non-hydrogen) atoms. The molecule has 0 bridgehead atoms. The van der Waals surface area contributed by atoms with Gasteiger partial charge in [0.15, 0.2) is 5.78 Å². The highest BCUT2D eigenvalue weighted by Gasteiger charge is 2.59. The summed E-state index contributed by atoms with van der Waals surface area (Å²) in [5.41, 5.74) is 0. The maximum atomic E-state index is 11.8. The Balaban J connectivity index is 1.74. The number of nitrogens with zero attached hydrogens (tertiary/aromatic N) is 1. The maximum Gasteiger partial charge on any atom is 0.233 e. The van der Waals surface area contributed by atoms with Crippen LogP contribution in [0.2, 0.25) is 4.34 Å². The van der Waals surface area contributed by atoms with Crippen molar-refractivity contribution in [3.63, 3.8) is 0 Å². The van der Waals surface area contributed by atoms with Crippen LogP contribution in [0.5, 0.6) is 0 Å². The molecule has 1 saturated heterocycles. The molecule has 88 valence electrons. The lowest BCUT2D eigenvalue weighted by Gasteiger charge is -2.14. The predicted molar refractivity (Wildman–Crippen MR) is 62.0 cm³/mol. The van der Waals surface area contributed by atoms with Gasteiger partial charge in [-0.15, -0.1) is 11.3 Å². The van der Waals surface area contributed by atoms with Crippen LogP contribution >= 0.6 is 22.9 Å². The zero-order valence-electron chi connectivity index (χ0n) is 8.68. The molecule has 0 N–H and O–H groups in total. The molecule has 3 rings (SSSR count). The van der Waals surface area contributed by atoms with Crippen molar-refractivity contribution in [2.75, 3.05) is 6.54 Å². The van der Waals surface area contributed by atoms with Crippen molar-refractivity contribution in [3.8, 4) is 0 Å². The van der Waals surface area contributed by atoms with Crippen LogP contribution in [0.1, 0.15) is 16.1 Å². The first-order valence-corrected chi connectivity index (χ1v) is 6.41. The highest BCUT2D eigenvalue weighted by molar-refractivity contribution is 7.18. The number of rotatable bonds is 3. The monoisotopic (exact) mass is 269 g/mol. The first-order valence-electron chi connectivity index (χ1n) is 5.21. The van der Waals surface area contributed by atoms with Crippen LogP contribution in [-0.2, 0) is 9.59 Å². The fraction of sp³-hybridized carbons (Fsp3) is 0.364. The fourth-order valence-electron chi connectivity index (χ4n) is 2.09.